The molecular formula is C12H15BrFNO. The van der Waals surface area contributed by atoms with Crippen LogP contribution in [0, 0.1) is 5.82 Å². The van der Waals surface area contributed by atoms with Crippen LogP contribution in [0.5, 0.6) is 5.75 Å². The smallest absolute Gasteiger partial charge is 0.179 e. The van der Waals surface area contributed by atoms with Crippen LogP contribution in [0.3, 0.4) is 0 Å². The predicted molar refractivity (Wildman–Crippen MR) is 65.0 cm³/mol. The van der Waals surface area contributed by atoms with Crippen LogP contribution >= 0.6 is 15.9 Å². The molecule has 0 aliphatic heterocycles. The van der Waals surface area contributed by atoms with E-state index in [0.717, 1.165) is 31.2 Å². The SMILES string of the molecule is COc1c(C2(N)CCCC2)ccc(Br)c1F. The first-order chi connectivity index (χ1) is 7.58. The van der Waals surface area contributed by atoms with E-state index in [4.69, 9.17) is 10.5 Å². The van der Waals surface area contributed by atoms with Gasteiger partial charge in [0.1, 0.15) is 0 Å². The van der Waals surface area contributed by atoms with E-state index in [0.29, 0.717) is 4.47 Å². The van der Waals surface area contributed by atoms with Crippen molar-refractivity contribution in [2.24, 2.45) is 5.73 Å². The van der Waals surface area contributed by atoms with Crippen molar-refractivity contribution in [3.8, 4) is 5.75 Å². The molecule has 2 rings (SSSR count). The zero-order valence-electron chi connectivity index (χ0n) is 9.22. The highest BCUT2D eigenvalue weighted by molar-refractivity contribution is 9.10. The molecule has 0 spiro atoms. The van der Waals surface area contributed by atoms with E-state index >= 15 is 0 Å². The molecule has 1 aliphatic rings. The fourth-order valence-electron chi connectivity index (χ4n) is 2.40. The Balaban J connectivity index is 2.52. The third-order valence-electron chi connectivity index (χ3n) is 3.29. The standard InChI is InChI=1S/C12H15BrFNO/c1-16-11-8(4-5-9(13)10(11)14)12(15)6-2-3-7-12/h4-5H,2-3,6-7,15H2,1H3. The fourth-order valence-corrected chi connectivity index (χ4v) is 2.71. The van der Waals surface area contributed by atoms with Crippen molar-refractivity contribution in [3.63, 3.8) is 0 Å². The summed E-state index contributed by atoms with van der Waals surface area (Å²) in [5, 5.41) is 0. The topological polar surface area (TPSA) is 35.2 Å². The second-order valence-corrected chi connectivity index (χ2v) is 5.16. The molecule has 0 saturated heterocycles. The van der Waals surface area contributed by atoms with Crippen molar-refractivity contribution in [2.75, 3.05) is 7.11 Å². The van der Waals surface area contributed by atoms with Crippen molar-refractivity contribution in [1.82, 2.24) is 0 Å². The van der Waals surface area contributed by atoms with Crippen molar-refractivity contribution in [3.05, 3.63) is 28.0 Å². The second kappa shape index (κ2) is 4.34. The van der Waals surface area contributed by atoms with Gasteiger partial charge in [0.05, 0.1) is 11.6 Å². The van der Waals surface area contributed by atoms with E-state index in [2.05, 4.69) is 15.9 Å². The molecule has 0 bridgehead atoms. The Labute approximate surface area is 103 Å². The highest BCUT2D eigenvalue weighted by Gasteiger charge is 2.35. The summed E-state index contributed by atoms with van der Waals surface area (Å²) in [5.74, 6) is -0.0875. The monoisotopic (exact) mass is 287 g/mol. The van der Waals surface area contributed by atoms with Crippen LogP contribution in [0.25, 0.3) is 0 Å². The lowest BCUT2D eigenvalue weighted by Crippen LogP contribution is -2.33. The molecule has 1 saturated carbocycles. The Hall–Kier alpha value is -0.610. The highest BCUT2D eigenvalue weighted by atomic mass is 79.9. The lowest BCUT2D eigenvalue weighted by Gasteiger charge is -2.26. The average molecular weight is 288 g/mol. The summed E-state index contributed by atoms with van der Waals surface area (Å²) in [4.78, 5) is 0. The Bertz CT molecular complexity index is 402. The summed E-state index contributed by atoms with van der Waals surface area (Å²) in [6, 6.07) is 3.55. The molecule has 0 unspecified atom stereocenters. The number of nitrogens with two attached hydrogens (primary N) is 1. The molecule has 1 fully saturated rings. The maximum Gasteiger partial charge on any atom is 0.179 e. The third kappa shape index (κ3) is 1.84. The molecule has 0 amide bonds. The van der Waals surface area contributed by atoms with Gasteiger partial charge in [0.15, 0.2) is 11.6 Å². The molecule has 4 heteroatoms. The Morgan fingerprint density at radius 2 is 2.00 bits per heavy atom. The Kier molecular flexibility index (Phi) is 3.22. The first kappa shape index (κ1) is 11.9. The molecule has 2 nitrogen and oxygen atoms in total. The van der Waals surface area contributed by atoms with Crippen LogP contribution in [0.4, 0.5) is 4.39 Å². The summed E-state index contributed by atoms with van der Waals surface area (Å²) < 4.78 is 19.4. The van der Waals surface area contributed by atoms with E-state index < -0.39 is 5.54 Å². The molecule has 0 aromatic heterocycles. The number of hydrogen-bond donors (Lipinski definition) is 1. The summed E-state index contributed by atoms with van der Waals surface area (Å²) in [6.45, 7) is 0. The first-order valence-corrected chi connectivity index (χ1v) is 6.19. The summed E-state index contributed by atoms with van der Waals surface area (Å²) in [5.41, 5.74) is 6.68. The minimum absolute atomic E-state index is 0.277. The average Bonchev–Trinajstić information content (AvgIpc) is 2.70. The number of halogens is 2. The van der Waals surface area contributed by atoms with Gasteiger partial charge in [0.25, 0.3) is 0 Å². The van der Waals surface area contributed by atoms with E-state index in [1.807, 2.05) is 6.07 Å². The van der Waals surface area contributed by atoms with Gasteiger partial charge >= 0.3 is 0 Å². The molecule has 0 atom stereocenters. The molecule has 16 heavy (non-hydrogen) atoms. The number of benzene rings is 1. The van der Waals surface area contributed by atoms with Crippen molar-refractivity contribution >= 4 is 15.9 Å². The van der Waals surface area contributed by atoms with E-state index in [9.17, 15) is 4.39 Å². The fraction of sp³-hybridized carbons (Fsp3) is 0.500. The Morgan fingerprint density at radius 1 is 1.38 bits per heavy atom. The molecule has 0 radical (unpaired) electrons. The third-order valence-corrected chi connectivity index (χ3v) is 3.90. The molecular weight excluding hydrogens is 273 g/mol. The Morgan fingerprint density at radius 3 is 2.56 bits per heavy atom. The predicted octanol–water partition coefficient (Wildman–Crippen LogP) is 3.32. The molecule has 88 valence electrons. The quantitative estimate of drug-likeness (QED) is 0.906. The van der Waals surface area contributed by atoms with E-state index in [1.54, 1.807) is 6.07 Å². The minimum Gasteiger partial charge on any atom is -0.493 e. The van der Waals surface area contributed by atoms with Gasteiger partial charge in [-0.2, -0.15) is 0 Å². The van der Waals surface area contributed by atoms with Crippen LogP contribution in [0.2, 0.25) is 0 Å². The maximum absolute atomic E-state index is 13.9. The lowest BCUT2D eigenvalue weighted by molar-refractivity contribution is 0.356. The molecule has 2 N–H and O–H groups in total. The molecule has 1 aromatic carbocycles. The van der Waals surface area contributed by atoms with Crippen LogP contribution in [-0.2, 0) is 5.54 Å². The number of ether oxygens (including phenoxy) is 1. The largest absolute Gasteiger partial charge is 0.493 e. The van der Waals surface area contributed by atoms with Gasteiger partial charge < -0.3 is 10.5 Å². The normalized spacial score (nSPS) is 18.8. The molecule has 1 aliphatic carbocycles. The van der Waals surface area contributed by atoms with Gasteiger partial charge in [0.2, 0.25) is 0 Å². The summed E-state index contributed by atoms with van der Waals surface area (Å²) >= 11 is 3.15. The minimum atomic E-state index is -0.424. The van der Waals surface area contributed by atoms with Gasteiger partial charge in [-0.3, -0.25) is 0 Å². The van der Waals surface area contributed by atoms with Gasteiger partial charge in [-0.05, 0) is 34.8 Å². The van der Waals surface area contributed by atoms with Gasteiger partial charge in [-0.25, -0.2) is 4.39 Å². The van der Waals surface area contributed by atoms with E-state index in [1.165, 1.54) is 7.11 Å². The first-order valence-electron chi connectivity index (χ1n) is 5.40. The van der Waals surface area contributed by atoms with Crippen LogP contribution in [0.15, 0.2) is 16.6 Å². The van der Waals surface area contributed by atoms with Gasteiger partial charge in [-0.1, -0.05) is 18.9 Å². The van der Waals surface area contributed by atoms with Gasteiger partial charge in [-0.15, -0.1) is 0 Å². The zero-order chi connectivity index (χ0) is 11.8. The summed E-state index contributed by atoms with van der Waals surface area (Å²) in [6.07, 6.45) is 3.98. The summed E-state index contributed by atoms with van der Waals surface area (Å²) in [7, 11) is 1.48. The molecule has 0 heterocycles. The van der Waals surface area contributed by atoms with Crippen LogP contribution in [-0.4, -0.2) is 7.11 Å². The van der Waals surface area contributed by atoms with Gasteiger partial charge in [0, 0.05) is 11.1 Å². The van der Waals surface area contributed by atoms with Crippen molar-refractivity contribution in [1.29, 1.82) is 0 Å². The number of hydrogen-bond acceptors (Lipinski definition) is 2. The zero-order valence-corrected chi connectivity index (χ0v) is 10.8. The number of methoxy groups -OCH3 is 1. The van der Waals surface area contributed by atoms with Crippen molar-refractivity contribution < 1.29 is 9.13 Å². The second-order valence-electron chi connectivity index (χ2n) is 4.31. The molecule has 1 aromatic rings. The van der Waals surface area contributed by atoms with Crippen LogP contribution in [0.1, 0.15) is 31.2 Å². The number of rotatable bonds is 2. The highest BCUT2D eigenvalue weighted by Crippen LogP contribution is 2.42. The van der Waals surface area contributed by atoms with E-state index in [-0.39, 0.29) is 11.6 Å². The van der Waals surface area contributed by atoms with Crippen LogP contribution < -0.4 is 10.5 Å². The maximum atomic E-state index is 13.9. The lowest BCUT2D eigenvalue weighted by atomic mass is 9.88. The van der Waals surface area contributed by atoms with Crippen molar-refractivity contribution in [2.45, 2.75) is 31.2 Å².